The Morgan fingerprint density at radius 3 is 2.68 bits per heavy atom. The largest absolute Gasteiger partial charge is 0.355 e. The molecule has 1 heterocycles. The fraction of sp³-hybridized carbons (Fsp3) is 0.733. The molecule has 0 aliphatic heterocycles. The Morgan fingerprint density at radius 2 is 2.05 bits per heavy atom. The summed E-state index contributed by atoms with van der Waals surface area (Å²) in [6.45, 7) is 4.97. The molecule has 106 valence electrons. The minimum atomic E-state index is 0.0659. The molecule has 1 aliphatic carbocycles. The van der Waals surface area contributed by atoms with Crippen LogP contribution < -0.4 is 10.9 Å². The lowest BCUT2D eigenvalue weighted by Gasteiger charge is -2.22. The molecule has 0 spiro atoms. The van der Waals surface area contributed by atoms with Gasteiger partial charge in [0, 0.05) is 25.4 Å². The van der Waals surface area contributed by atoms with Gasteiger partial charge in [-0.3, -0.25) is 9.36 Å². The molecule has 0 atom stereocenters. The summed E-state index contributed by atoms with van der Waals surface area (Å²) in [5, 5.41) is 3.34. The highest BCUT2D eigenvalue weighted by Crippen LogP contribution is 2.23. The molecule has 2 rings (SSSR count). The molecule has 1 aromatic rings. The van der Waals surface area contributed by atoms with Crippen LogP contribution in [0.3, 0.4) is 0 Å². The average Bonchev–Trinajstić information content (AvgIpc) is 2.41. The number of nitrogens with one attached hydrogen (secondary N) is 1. The number of aromatic nitrogens is 2. The van der Waals surface area contributed by atoms with E-state index in [1.165, 1.54) is 32.1 Å². The molecule has 0 amide bonds. The summed E-state index contributed by atoms with van der Waals surface area (Å²) in [5.74, 6) is 1.65. The van der Waals surface area contributed by atoms with E-state index in [9.17, 15) is 4.79 Å². The van der Waals surface area contributed by atoms with Crippen molar-refractivity contribution >= 4 is 5.95 Å². The maximum Gasteiger partial charge on any atom is 0.258 e. The minimum Gasteiger partial charge on any atom is -0.355 e. The highest BCUT2D eigenvalue weighted by Gasteiger charge is 2.15. The molecule has 1 N–H and O–H groups in total. The van der Waals surface area contributed by atoms with Gasteiger partial charge in [-0.2, -0.15) is 0 Å². The Hall–Kier alpha value is -1.32. The van der Waals surface area contributed by atoms with Gasteiger partial charge in [0.1, 0.15) is 0 Å². The van der Waals surface area contributed by atoms with Crippen LogP contribution in [0.5, 0.6) is 0 Å². The normalized spacial score (nSPS) is 16.8. The van der Waals surface area contributed by atoms with E-state index in [4.69, 9.17) is 0 Å². The zero-order valence-electron chi connectivity index (χ0n) is 12.3. The minimum absolute atomic E-state index is 0.0659. The summed E-state index contributed by atoms with van der Waals surface area (Å²) in [6.07, 6.45) is 8.36. The summed E-state index contributed by atoms with van der Waals surface area (Å²) in [5.41, 5.74) is 0.849. The number of nitrogens with zero attached hydrogens (tertiary/aromatic N) is 2. The van der Waals surface area contributed by atoms with E-state index < -0.39 is 0 Å². The zero-order chi connectivity index (χ0) is 13.8. The van der Waals surface area contributed by atoms with E-state index in [1.54, 1.807) is 17.8 Å². The fourth-order valence-corrected chi connectivity index (χ4v) is 2.75. The summed E-state index contributed by atoms with van der Waals surface area (Å²) >= 11 is 0. The molecule has 0 bridgehead atoms. The average molecular weight is 263 g/mol. The molecule has 0 unspecified atom stereocenters. The Balaban J connectivity index is 2.04. The third-order valence-corrected chi connectivity index (χ3v) is 4.09. The number of hydrogen-bond acceptors (Lipinski definition) is 3. The van der Waals surface area contributed by atoms with Crippen LogP contribution in [0, 0.1) is 5.92 Å². The molecule has 0 radical (unpaired) electrons. The monoisotopic (exact) mass is 263 g/mol. The van der Waals surface area contributed by atoms with Crippen LogP contribution in [0.1, 0.15) is 57.4 Å². The third-order valence-electron chi connectivity index (χ3n) is 4.09. The zero-order valence-corrected chi connectivity index (χ0v) is 12.3. The summed E-state index contributed by atoms with van der Waals surface area (Å²) in [4.78, 5) is 16.6. The molecular formula is C15H25N3O. The van der Waals surface area contributed by atoms with Crippen LogP contribution in [0.2, 0.25) is 0 Å². The van der Waals surface area contributed by atoms with E-state index in [0.717, 1.165) is 18.0 Å². The Morgan fingerprint density at radius 1 is 1.37 bits per heavy atom. The molecular weight excluding hydrogens is 238 g/mol. The van der Waals surface area contributed by atoms with Gasteiger partial charge in [0.2, 0.25) is 5.95 Å². The lowest BCUT2D eigenvalue weighted by Crippen LogP contribution is -2.27. The van der Waals surface area contributed by atoms with Crippen LogP contribution in [0.15, 0.2) is 11.0 Å². The standard InChI is InChI=1S/C15H25N3O/c1-11(2)13-10-17-15(18(3)14(13)19)16-9-12-7-5-4-6-8-12/h10-12H,4-9H2,1-3H3,(H,16,17). The van der Waals surface area contributed by atoms with Crippen LogP contribution in [0.25, 0.3) is 0 Å². The molecule has 1 saturated carbocycles. The van der Waals surface area contributed by atoms with Crippen molar-refractivity contribution in [3.8, 4) is 0 Å². The van der Waals surface area contributed by atoms with Crippen LogP contribution in [-0.2, 0) is 7.05 Å². The van der Waals surface area contributed by atoms with Crippen molar-refractivity contribution in [1.82, 2.24) is 9.55 Å². The van der Waals surface area contributed by atoms with E-state index >= 15 is 0 Å². The Kier molecular flexibility index (Phi) is 4.61. The van der Waals surface area contributed by atoms with Crippen molar-refractivity contribution in [2.75, 3.05) is 11.9 Å². The van der Waals surface area contributed by atoms with Crippen molar-refractivity contribution in [2.45, 2.75) is 51.9 Å². The number of hydrogen-bond donors (Lipinski definition) is 1. The first-order valence-corrected chi connectivity index (χ1v) is 7.39. The second-order valence-electron chi connectivity index (χ2n) is 5.94. The van der Waals surface area contributed by atoms with E-state index in [1.807, 2.05) is 13.8 Å². The van der Waals surface area contributed by atoms with E-state index in [-0.39, 0.29) is 11.5 Å². The molecule has 1 aliphatic rings. The molecule has 1 aromatic heterocycles. The molecule has 0 saturated heterocycles. The van der Waals surface area contributed by atoms with Gasteiger partial charge >= 0.3 is 0 Å². The lowest BCUT2D eigenvalue weighted by molar-refractivity contribution is 0.372. The third kappa shape index (κ3) is 3.37. The van der Waals surface area contributed by atoms with Gasteiger partial charge in [-0.25, -0.2) is 4.98 Å². The Labute approximate surface area is 115 Å². The van der Waals surface area contributed by atoms with Gasteiger partial charge in [-0.1, -0.05) is 33.1 Å². The number of rotatable bonds is 4. The first-order chi connectivity index (χ1) is 9.09. The maximum absolute atomic E-state index is 12.2. The van der Waals surface area contributed by atoms with Crippen molar-refractivity contribution in [2.24, 2.45) is 13.0 Å². The second-order valence-corrected chi connectivity index (χ2v) is 5.94. The highest BCUT2D eigenvalue weighted by molar-refractivity contribution is 5.28. The Bertz CT molecular complexity index is 473. The van der Waals surface area contributed by atoms with Gasteiger partial charge in [-0.15, -0.1) is 0 Å². The van der Waals surface area contributed by atoms with Crippen molar-refractivity contribution in [3.05, 3.63) is 22.1 Å². The first-order valence-electron chi connectivity index (χ1n) is 7.39. The molecule has 4 nitrogen and oxygen atoms in total. The first kappa shape index (κ1) is 14.1. The molecule has 19 heavy (non-hydrogen) atoms. The van der Waals surface area contributed by atoms with Gasteiger partial charge in [0.05, 0.1) is 0 Å². The molecule has 4 heteroatoms. The summed E-state index contributed by atoms with van der Waals surface area (Å²) < 4.78 is 1.64. The second kappa shape index (κ2) is 6.22. The van der Waals surface area contributed by atoms with Gasteiger partial charge in [0.25, 0.3) is 5.56 Å². The smallest absolute Gasteiger partial charge is 0.258 e. The summed E-state index contributed by atoms with van der Waals surface area (Å²) in [7, 11) is 1.80. The molecule has 0 aromatic carbocycles. The van der Waals surface area contributed by atoms with Crippen LogP contribution in [0.4, 0.5) is 5.95 Å². The lowest BCUT2D eigenvalue weighted by atomic mass is 9.89. The van der Waals surface area contributed by atoms with Crippen molar-refractivity contribution in [3.63, 3.8) is 0 Å². The van der Waals surface area contributed by atoms with Crippen LogP contribution in [-0.4, -0.2) is 16.1 Å². The van der Waals surface area contributed by atoms with Gasteiger partial charge < -0.3 is 5.32 Å². The topological polar surface area (TPSA) is 46.9 Å². The fourth-order valence-electron chi connectivity index (χ4n) is 2.75. The predicted octanol–water partition coefficient (Wildman–Crippen LogP) is 2.90. The van der Waals surface area contributed by atoms with Crippen LogP contribution >= 0.6 is 0 Å². The van der Waals surface area contributed by atoms with E-state index in [0.29, 0.717) is 5.95 Å². The number of anilines is 1. The van der Waals surface area contributed by atoms with Crippen molar-refractivity contribution < 1.29 is 0 Å². The van der Waals surface area contributed by atoms with Crippen molar-refractivity contribution in [1.29, 1.82) is 0 Å². The summed E-state index contributed by atoms with van der Waals surface area (Å²) in [6, 6.07) is 0. The highest BCUT2D eigenvalue weighted by atomic mass is 16.1. The van der Waals surface area contributed by atoms with Gasteiger partial charge in [-0.05, 0) is 24.7 Å². The SMILES string of the molecule is CC(C)c1cnc(NCC2CCCCC2)n(C)c1=O. The van der Waals surface area contributed by atoms with E-state index in [2.05, 4.69) is 10.3 Å². The predicted molar refractivity (Wildman–Crippen MR) is 78.6 cm³/mol. The maximum atomic E-state index is 12.2. The quantitative estimate of drug-likeness (QED) is 0.908. The molecule has 1 fully saturated rings. The van der Waals surface area contributed by atoms with Gasteiger partial charge in [0.15, 0.2) is 0 Å².